The first-order valence-corrected chi connectivity index (χ1v) is 4.66. The Morgan fingerprint density at radius 3 is 2.50 bits per heavy atom. The van der Waals surface area contributed by atoms with Gasteiger partial charge in [0.05, 0.1) is 0 Å². The number of hydrogen-bond acceptors (Lipinski definition) is 0. The molecule has 0 radical (unpaired) electrons. The van der Waals surface area contributed by atoms with Crippen molar-refractivity contribution in [1.82, 2.24) is 0 Å². The van der Waals surface area contributed by atoms with Crippen LogP contribution in [0.5, 0.6) is 0 Å². The Bertz CT molecular complexity index is 297. The first-order valence-electron chi connectivity index (χ1n) is 4.66. The van der Waals surface area contributed by atoms with E-state index in [4.69, 9.17) is 0 Å². The highest BCUT2D eigenvalue weighted by molar-refractivity contribution is 5.31. The Morgan fingerprint density at radius 2 is 2.00 bits per heavy atom. The summed E-state index contributed by atoms with van der Waals surface area (Å²) in [5.41, 5.74) is 3.48. The summed E-state index contributed by atoms with van der Waals surface area (Å²) in [6.45, 7) is 6.86. The number of aryl methyl sites for hydroxylation is 1. The number of rotatable bonds is 1. The van der Waals surface area contributed by atoms with E-state index in [1.807, 2.05) is 0 Å². The average Bonchev–Trinajstić information content (AvgIpc) is 2.60. The normalized spacial score (nSPS) is 25.4. The van der Waals surface area contributed by atoms with Gasteiger partial charge in [-0.2, -0.15) is 0 Å². The molecule has 0 N–H and O–H groups in total. The molecule has 0 amide bonds. The predicted molar refractivity (Wildman–Crippen MR) is 52.3 cm³/mol. The molecule has 2 rings (SSSR count). The molecule has 64 valence electrons. The van der Waals surface area contributed by atoms with Crippen LogP contribution >= 0.6 is 0 Å². The molecule has 0 aliphatic heterocycles. The first kappa shape index (κ1) is 7.85. The van der Waals surface area contributed by atoms with E-state index in [9.17, 15) is 0 Å². The Kier molecular flexibility index (Phi) is 1.54. The van der Waals surface area contributed by atoms with Crippen LogP contribution in [0.4, 0.5) is 0 Å². The third-order valence-electron chi connectivity index (χ3n) is 2.96. The maximum absolute atomic E-state index is 2.35. The zero-order valence-electron chi connectivity index (χ0n) is 8.09. The summed E-state index contributed by atoms with van der Waals surface area (Å²) in [6.07, 6.45) is 1.36. The van der Waals surface area contributed by atoms with Crippen molar-refractivity contribution in [2.45, 2.75) is 33.1 Å². The summed E-state index contributed by atoms with van der Waals surface area (Å²) in [4.78, 5) is 0. The molecule has 0 saturated heterocycles. The van der Waals surface area contributed by atoms with Gasteiger partial charge >= 0.3 is 0 Å². The van der Waals surface area contributed by atoms with E-state index in [0.717, 1.165) is 5.92 Å². The monoisotopic (exact) mass is 160 g/mol. The topological polar surface area (TPSA) is 0 Å². The van der Waals surface area contributed by atoms with E-state index in [-0.39, 0.29) is 0 Å². The third-order valence-corrected chi connectivity index (χ3v) is 2.96. The molecule has 0 heterocycles. The van der Waals surface area contributed by atoms with E-state index in [2.05, 4.69) is 45.0 Å². The van der Waals surface area contributed by atoms with Gasteiger partial charge in [0.15, 0.2) is 0 Å². The van der Waals surface area contributed by atoms with Crippen molar-refractivity contribution >= 4 is 0 Å². The van der Waals surface area contributed by atoms with Crippen LogP contribution < -0.4 is 0 Å². The molecule has 1 aliphatic carbocycles. The first-order chi connectivity index (χ1) is 5.59. The fraction of sp³-hybridized carbons (Fsp3) is 0.500. The molecular weight excluding hydrogens is 144 g/mol. The van der Waals surface area contributed by atoms with Crippen molar-refractivity contribution in [3.8, 4) is 0 Å². The molecular formula is C12H16. The summed E-state index contributed by atoms with van der Waals surface area (Å²) < 4.78 is 0. The summed E-state index contributed by atoms with van der Waals surface area (Å²) >= 11 is 0. The molecule has 0 aromatic heterocycles. The van der Waals surface area contributed by atoms with Crippen LogP contribution in [0.2, 0.25) is 0 Å². The fourth-order valence-corrected chi connectivity index (χ4v) is 1.92. The van der Waals surface area contributed by atoms with E-state index in [1.54, 1.807) is 0 Å². The third kappa shape index (κ3) is 1.26. The summed E-state index contributed by atoms with van der Waals surface area (Å²) in [7, 11) is 0. The van der Waals surface area contributed by atoms with Gasteiger partial charge in [-0.05, 0) is 30.2 Å². The van der Waals surface area contributed by atoms with Crippen molar-refractivity contribution in [2.24, 2.45) is 5.41 Å². The highest BCUT2D eigenvalue weighted by Gasteiger charge is 2.46. The molecule has 1 saturated carbocycles. The smallest absolute Gasteiger partial charge is 0.0105 e. The lowest BCUT2D eigenvalue weighted by atomic mass is 10.0. The fourth-order valence-electron chi connectivity index (χ4n) is 1.92. The van der Waals surface area contributed by atoms with Crippen LogP contribution in [-0.2, 0) is 0 Å². The van der Waals surface area contributed by atoms with Crippen LogP contribution in [0.3, 0.4) is 0 Å². The van der Waals surface area contributed by atoms with Crippen molar-refractivity contribution in [1.29, 1.82) is 0 Å². The van der Waals surface area contributed by atoms with Gasteiger partial charge in [0.25, 0.3) is 0 Å². The van der Waals surface area contributed by atoms with Gasteiger partial charge in [-0.1, -0.05) is 43.7 Å². The van der Waals surface area contributed by atoms with Crippen molar-refractivity contribution in [2.75, 3.05) is 0 Å². The molecule has 1 fully saturated rings. The van der Waals surface area contributed by atoms with Crippen LogP contribution in [0.15, 0.2) is 24.3 Å². The standard InChI is InChI=1S/C12H16/c1-9-5-4-6-10(7-9)11-8-12(11,2)3/h4-7,11H,8H2,1-3H3/t11-/m0/s1. The number of hydrogen-bond donors (Lipinski definition) is 0. The van der Waals surface area contributed by atoms with Crippen LogP contribution in [-0.4, -0.2) is 0 Å². The minimum absolute atomic E-state index is 0.563. The lowest BCUT2D eigenvalue weighted by molar-refractivity contribution is 0.621. The summed E-state index contributed by atoms with van der Waals surface area (Å²) in [5, 5.41) is 0. The molecule has 0 spiro atoms. The highest BCUT2D eigenvalue weighted by Crippen LogP contribution is 2.58. The summed E-state index contributed by atoms with van der Waals surface area (Å²) in [6, 6.07) is 8.91. The SMILES string of the molecule is Cc1cccc([C@@H]2CC2(C)C)c1. The minimum Gasteiger partial charge on any atom is -0.0617 e. The van der Waals surface area contributed by atoms with Gasteiger partial charge in [0, 0.05) is 0 Å². The van der Waals surface area contributed by atoms with Gasteiger partial charge < -0.3 is 0 Å². The van der Waals surface area contributed by atoms with Gasteiger partial charge in [-0.15, -0.1) is 0 Å². The van der Waals surface area contributed by atoms with Crippen molar-refractivity contribution in [3.05, 3.63) is 35.4 Å². The molecule has 0 unspecified atom stereocenters. The molecule has 1 aromatic carbocycles. The highest BCUT2D eigenvalue weighted by atomic mass is 14.5. The van der Waals surface area contributed by atoms with Crippen molar-refractivity contribution in [3.63, 3.8) is 0 Å². The lowest BCUT2D eigenvalue weighted by Gasteiger charge is -2.03. The second-order valence-corrected chi connectivity index (χ2v) is 4.66. The van der Waals surface area contributed by atoms with Crippen LogP contribution in [0, 0.1) is 12.3 Å². The maximum atomic E-state index is 2.35. The van der Waals surface area contributed by atoms with Crippen LogP contribution in [0.25, 0.3) is 0 Å². The van der Waals surface area contributed by atoms with Crippen LogP contribution in [0.1, 0.15) is 37.3 Å². The van der Waals surface area contributed by atoms with Crippen molar-refractivity contribution < 1.29 is 0 Å². The lowest BCUT2D eigenvalue weighted by Crippen LogP contribution is -1.89. The molecule has 1 aliphatic rings. The largest absolute Gasteiger partial charge is 0.0617 e. The zero-order valence-corrected chi connectivity index (χ0v) is 8.09. The van der Waals surface area contributed by atoms with E-state index >= 15 is 0 Å². The Balaban J connectivity index is 2.26. The minimum atomic E-state index is 0.563. The number of benzene rings is 1. The molecule has 0 nitrogen and oxygen atoms in total. The zero-order chi connectivity index (χ0) is 8.77. The maximum Gasteiger partial charge on any atom is -0.0105 e. The Labute approximate surface area is 74.6 Å². The molecule has 1 aromatic rings. The second-order valence-electron chi connectivity index (χ2n) is 4.66. The summed E-state index contributed by atoms with van der Waals surface area (Å²) in [5.74, 6) is 0.817. The van der Waals surface area contributed by atoms with E-state index in [0.29, 0.717) is 5.41 Å². The molecule has 12 heavy (non-hydrogen) atoms. The Hall–Kier alpha value is -0.780. The van der Waals surface area contributed by atoms with E-state index in [1.165, 1.54) is 17.5 Å². The molecule has 1 atom stereocenters. The van der Waals surface area contributed by atoms with Gasteiger partial charge in [-0.25, -0.2) is 0 Å². The predicted octanol–water partition coefficient (Wildman–Crippen LogP) is 3.51. The quantitative estimate of drug-likeness (QED) is 0.589. The molecule has 0 heteroatoms. The second kappa shape index (κ2) is 2.35. The molecule has 0 bridgehead atoms. The average molecular weight is 160 g/mol. The van der Waals surface area contributed by atoms with Gasteiger partial charge in [-0.3, -0.25) is 0 Å². The van der Waals surface area contributed by atoms with Gasteiger partial charge in [0.2, 0.25) is 0 Å². The van der Waals surface area contributed by atoms with Gasteiger partial charge in [0.1, 0.15) is 0 Å². The Morgan fingerprint density at radius 1 is 1.33 bits per heavy atom. The van der Waals surface area contributed by atoms with E-state index < -0.39 is 0 Å².